The molecule has 1 aliphatic heterocycles. The third-order valence-electron chi connectivity index (χ3n) is 3.90. The molecule has 1 aliphatic rings. The number of hydrogen-bond acceptors (Lipinski definition) is 5. The van der Waals surface area contributed by atoms with Gasteiger partial charge in [0.15, 0.2) is 6.10 Å². The van der Waals surface area contributed by atoms with E-state index in [0.717, 1.165) is 11.3 Å². The lowest BCUT2D eigenvalue weighted by Gasteiger charge is -2.22. The molecule has 2 atom stereocenters. The second-order valence-electron chi connectivity index (χ2n) is 5.84. The van der Waals surface area contributed by atoms with E-state index in [4.69, 9.17) is 27.9 Å². The van der Waals surface area contributed by atoms with E-state index in [-0.39, 0.29) is 21.2 Å². The summed E-state index contributed by atoms with van der Waals surface area (Å²) in [5.41, 5.74) is 0.135. The highest BCUT2D eigenvalue weighted by Crippen LogP contribution is 2.32. The van der Waals surface area contributed by atoms with Crippen molar-refractivity contribution in [2.24, 2.45) is 0 Å². The monoisotopic (exact) mass is 400 g/mol. The summed E-state index contributed by atoms with van der Waals surface area (Å²) in [4.78, 5) is 49.9. The number of nitrogens with zero attached hydrogens (tertiary/aromatic N) is 1. The first kappa shape index (κ1) is 20.2. The fourth-order valence-electron chi connectivity index (χ4n) is 2.43. The minimum absolute atomic E-state index is 0.0674. The molecule has 0 aliphatic carbocycles. The summed E-state index contributed by atoms with van der Waals surface area (Å²) in [6, 6.07) is 1.37. The number of carbonyl (C=O) groups is 4. The van der Waals surface area contributed by atoms with Gasteiger partial charge in [0.2, 0.25) is 0 Å². The van der Waals surface area contributed by atoms with Crippen LogP contribution in [-0.2, 0) is 14.3 Å². The number of imide groups is 1. The number of amides is 3. The van der Waals surface area contributed by atoms with Crippen LogP contribution in [-0.4, -0.2) is 47.3 Å². The van der Waals surface area contributed by atoms with Gasteiger partial charge in [0.05, 0.1) is 21.2 Å². The number of halogens is 2. The van der Waals surface area contributed by atoms with Crippen LogP contribution in [0.15, 0.2) is 12.1 Å². The number of ether oxygens (including phenoxy) is 1. The SMILES string of the molecule is CCCNC(=O)[C@H](C)OC(=O)[C@H](C)N1C(=O)c2cc(Cl)c(Cl)cc2C1=O. The van der Waals surface area contributed by atoms with Crippen LogP contribution in [0.3, 0.4) is 0 Å². The van der Waals surface area contributed by atoms with Crippen LogP contribution in [0.25, 0.3) is 0 Å². The minimum atomic E-state index is -1.21. The smallest absolute Gasteiger partial charge is 0.329 e. The Morgan fingerprint density at radius 3 is 2.08 bits per heavy atom. The highest BCUT2D eigenvalue weighted by molar-refractivity contribution is 6.43. The quantitative estimate of drug-likeness (QED) is 0.584. The number of hydrogen-bond donors (Lipinski definition) is 1. The van der Waals surface area contributed by atoms with Gasteiger partial charge in [-0.25, -0.2) is 4.79 Å². The van der Waals surface area contributed by atoms with Crippen LogP contribution in [0.2, 0.25) is 10.0 Å². The Hall–Kier alpha value is -2.12. The molecule has 0 radical (unpaired) electrons. The van der Waals surface area contributed by atoms with Gasteiger partial charge < -0.3 is 10.1 Å². The van der Waals surface area contributed by atoms with E-state index in [1.807, 2.05) is 6.92 Å². The second-order valence-corrected chi connectivity index (χ2v) is 6.65. The van der Waals surface area contributed by atoms with Crippen molar-refractivity contribution in [2.75, 3.05) is 6.54 Å². The van der Waals surface area contributed by atoms with Crippen molar-refractivity contribution < 1.29 is 23.9 Å². The van der Waals surface area contributed by atoms with Gasteiger partial charge in [-0.3, -0.25) is 19.3 Å². The van der Waals surface area contributed by atoms with Gasteiger partial charge in [-0.15, -0.1) is 0 Å². The standard InChI is InChI=1S/C17H18Cl2N2O5/c1-4-5-20-14(22)9(3)26-17(25)8(2)21-15(23)10-6-12(18)13(19)7-11(10)16(21)24/h6-9H,4-5H2,1-3H3,(H,20,22)/t8-,9-/m0/s1. The van der Waals surface area contributed by atoms with Gasteiger partial charge in [0.25, 0.3) is 17.7 Å². The van der Waals surface area contributed by atoms with Crippen LogP contribution in [0.1, 0.15) is 47.9 Å². The van der Waals surface area contributed by atoms with Crippen LogP contribution in [0.5, 0.6) is 0 Å². The molecular formula is C17H18Cl2N2O5. The highest BCUT2D eigenvalue weighted by Gasteiger charge is 2.42. The number of carbonyl (C=O) groups excluding carboxylic acids is 4. The van der Waals surface area contributed by atoms with Crippen LogP contribution >= 0.6 is 23.2 Å². The molecule has 1 aromatic rings. The first-order valence-corrected chi connectivity index (χ1v) is 8.79. The number of fused-ring (bicyclic) bond motifs is 1. The zero-order chi connectivity index (χ0) is 19.6. The van der Waals surface area contributed by atoms with Crippen molar-refractivity contribution in [3.8, 4) is 0 Å². The Labute approximate surface area is 160 Å². The summed E-state index contributed by atoms with van der Waals surface area (Å²) in [5.74, 6) is -2.66. The first-order chi connectivity index (χ1) is 12.2. The number of benzene rings is 1. The molecule has 1 N–H and O–H groups in total. The lowest BCUT2D eigenvalue weighted by molar-refractivity contribution is -0.158. The maximum atomic E-state index is 12.5. The van der Waals surface area contributed by atoms with Crippen molar-refractivity contribution in [1.82, 2.24) is 10.2 Å². The Balaban J connectivity index is 2.13. The second kappa shape index (κ2) is 8.05. The predicted molar refractivity (Wildman–Crippen MR) is 95.3 cm³/mol. The topological polar surface area (TPSA) is 92.8 Å². The molecule has 9 heteroatoms. The van der Waals surface area contributed by atoms with E-state index in [9.17, 15) is 19.2 Å². The summed E-state index contributed by atoms with van der Waals surface area (Å²) in [6.07, 6.45) is -0.307. The third-order valence-corrected chi connectivity index (χ3v) is 4.62. The van der Waals surface area contributed by atoms with Crippen molar-refractivity contribution >= 4 is 46.9 Å². The molecule has 0 bridgehead atoms. The van der Waals surface area contributed by atoms with Crippen LogP contribution in [0, 0.1) is 0 Å². The molecular weight excluding hydrogens is 383 g/mol. The minimum Gasteiger partial charge on any atom is -0.451 e. The van der Waals surface area contributed by atoms with Gasteiger partial charge in [-0.2, -0.15) is 0 Å². The fraction of sp³-hybridized carbons (Fsp3) is 0.412. The Bertz CT molecular complexity index is 740. The molecule has 0 spiro atoms. The van der Waals surface area contributed by atoms with Gasteiger partial charge in [-0.1, -0.05) is 30.1 Å². The average molecular weight is 401 g/mol. The lowest BCUT2D eigenvalue weighted by Crippen LogP contribution is -2.46. The van der Waals surface area contributed by atoms with Crippen molar-refractivity contribution in [3.63, 3.8) is 0 Å². The molecule has 1 heterocycles. The van der Waals surface area contributed by atoms with Crippen molar-refractivity contribution in [3.05, 3.63) is 33.3 Å². The molecule has 140 valence electrons. The summed E-state index contributed by atoms with van der Waals surface area (Å²) in [5, 5.41) is 2.86. The molecule has 3 amide bonds. The molecule has 7 nitrogen and oxygen atoms in total. The largest absolute Gasteiger partial charge is 0.451 e. The number of rotatable bonds is 6. The fourth-order valence-corrected chi connectivity index (χ4v) is 2.76. The molecule has 26 heavy (non-hydrogen) atoms. The number of esters is 1. The molecule has 0 unspecified atom stereocenters. The molecule has 0 saturated heterocycles. The molecule has 0 fully saturated rings. The van der Waals surface area contributed by atoms with Crippen molar-refractivity contribution in [1.29, 1.82) is 0 Å². The maximum Gasteiger partial charge on any atom is 0.329 e. The van der Waals surface area contributed by atoms with E-state index in [1.165, 1.54) is 26.0 Å². The first-order valence-electron chi connectivity index (χ1n) is 8.04. The van der Waals surface area contributed by atoms with Gasteiger partial charge in [0.1, 0.15) is 6.04 Å². The van der Waals surface area contributed by atoms with E-state index in [2.05, 4.69) is 5.32 Å². The zero-order valence-electron chi connectivity index (χ0n) is 14.5. The molecule has 2 rings (SSSR count). The summed E-state index contributed by atoms with van der Waals surface area (Å²) >= 11 is 11.8. The normalized spacial score (nSPS) is 15.5. The van der Waals surface area contributed by atoms with Gasteiger partial charge in [-0.05, 0) is 32.4 Å². The van der Waals surface area contributed by atoms with Crippen molar-refractivity contribution in [2.45, 2.75) is 39.3 Å². The Kier molecular flexibility index (Phi) is 6.26. The van der Waals surface area contributed by atoms with E-state index >= 15 is 0 Å². The number of nitrogens with one attached hydrogen (secondary N) is 1. The highest BCUT2D eigenvalue weighted by atomic mass is 35.5. The third kappa shape index (κ3) is 3.83. The molecule has 0 aromatic heterocycles. The predicted octanol–water partition coefficient (Wildman–Crippen LogP) is 2.44. The van der Waals surface area contributed by atoms with E-state index in [1.54, 1.807) is 0 Å². The summed E-state index contributed by atoms with van der Waals surface area (Å²) in [6.45, 7) is 5.11. The van der Waals surface area contributed by atoms with Crippen LogP contribution in [0.4, 0.5) is 0 Å². The van der Waals surface area contributed by atoms with E-state index < -0.39 is 35.8 Å². The zero-order valence-corrected chi connectivity index (χ0v) is 16.0. The summed E-state index contributed by atoms with van der Waals surface area (Å²) < 4.78 is 5.08. The molecule has 0 saturated carbocycles. The average Bonchev–Trinajstić information content (AvgIpc) is 2.83. The Morgan fingerprint density at radius 2 is 1.62 bits per heavy atom. The maximum absolute atomic E-state index is 12.5. The Morgan fingerprint density at radius 1 is 1.12 bits per heavy atom. The van der Waals surface area contributed by atoms with E-state index in [0.29, 0.717) is 6.54 Å². The molecule has 1 aromatic carbocycles. The lowest BCUT2D eigenvalue weighted by atomic mass is 10.1. The summed E-state index contributed by atoms with van der Waals surface area (Å²) in [7, 11) is 0. The van der Waals surface area contributed by atoms with Gasteiger partial charge >= 0.3 is 5.97 Å². The van der Waals surface area contributed by atoms with Crippen LogP contribution < -0.4 is 5.32 Å². The van der Waals surface area contributed by atoms with Gasteiger partial charge in [0, 0.05) is 6.54 Å².